The van der Waals surface area contributed by atoms with Crippen molar-refractivity contribution < 1.29 is 4.74 Å². The summed E-state index contributed by atoms with van der Waals surface area (Å²) in [6, 6.07) is 12.8. The van der Waals surface area contributed by atoms with Crippen LogP contribution in [0.1, 0.15) is 25.3 Å². The summed E-state index contributed by atoms with van der Waals surface area (Å²) in [5, 5.41) is 0. The van der Waals surface area contributed by atoms with Crippen LogP contribution in [0.25, 0.3) is 11.1 Å². The molecule has 0 atom stereocenters. The van der Waals surface area contributed by atoms with Gasteiger partial charge >= 0.3 is 0 Å². The summed E-state index contributed by atoms with van der Waals surface area (Å²) in [7, 11) is 1.71. The molecule has 0 bridgehead atoms. The van der Waals surface area contributed by atoms with Gasteiger partial charge in [0.1, 0.15) is 5.75 Å². The lowest BCUT2D eigenvalue weighted by atomic mass is 10.0. The van der Waals surface area contributed by atoms with Gasteiger partial charge in [0.05, 0.1) is 7.11 Å². The molecular weight excluding hydrogens is 184 g/mol. The summed E-state index contributed by atoms with van der Waals surface area (Å²) in [5.41, 5.74) is 3.84. The van der Waals surface area contributed by atoms with Crippen LogP contribution in [0, 0.1) is 0 Å². The second-order valence-electron chi connectivity index (χ2n) is 4.13. The van der Waals surface area contributed by atoms with E-state index < -0.39 is 0 Å². The van der Waals surface area contributed by atoms with Gasteiger partial charge in [-0.25, -0.2) is 0 Å². The molecule has 0 unspecified atom stereocenters. The highest BCUT2D eigenvalue weighted by Crippen LogP contribution is 2.31. The van der Waals surface area contributed by atoms with Gasteiger partial charge in [-0.15, -0.1) is 0 Å². The first kappa shape index (κ1) is 10.0. The summed E-state index contributed by atoms with van der Waals surface area (Å²) in [5.74, 6) is 1.49. The standard InChI is InChI=1S/C14H16O/c1-10(2)11-5-4-6-12-8-14(15-3)9-13(12)7-11/h4-10H,1-3H3. The van der Waals surface area contributed by atoms with Gasteiger partial charge in [0.25, 0.3) is 0 Å². The Kier molecular flexibility index (Phi) is 2.63. The van der Waals surface area contributed by atoms with Gasteiger partial charge in [-0.3, -0.25) is 0 Å². The van der Waals surface area contributed by atoms with Crippen LogP contribution in [0.15, 0.2) is 36.4 Å². The van der Waals surface area contributed by atoms with Crippen molar-refractivity contribution in [3.05, 3.63) is 42.0 Å². The van der Waals surface area contributed by atoms with Crippen molar-refractivity contribution in [2.24, 2.45) is 0 Å². The topological polar surface area (TPSA) is 9.23 Å². The molecule has 0 radical (unpaired) electrons. The Balaban J connectivity index is 2.55. The molecule has 0 spiro atoms. The van der Waals surface area contributed by atoms with E-state index >= 15 is 0 Å². The van der Waals surface area contributed by atoms with Gasteiger partial charge in [-0.05, 0) is 34.7 Å². The van der Waals surface area contributed by atoms with Crippen LogP contribution in [0.5, 0.6) is 5.75 Å². The summed E-state index contributed by atoms with van der Waals surface area (Å²) < 4.78 is 5.23. The third-order valence-corrected chi connectivity index (χ3v) is 2.72. The van der Waals surface area contributed by atoms with Gasteiger partial charge < -0.3 is 4.74 Å². The SMILES string of the molecule is COc1cc2cccc(C(C)C)cc-2c1. The molecule has 0 aromatic rings. The molecule has 0 amide bonds. The number of methoxy groups -OCH3 is 1. The molecule has 2 aliphatic carbocycles. The van der Waals surface area contributed by atoms with Crippen molar-refractivity contribution in [3.63, 3.8) is 0 Å². The van der Waals surface area contributed by atoms with E-state index in [-0.39, 0.29) is 0 Å². The predicted octanol–water partition coefficient (Wildman–Crippen LogP) is 3.92. The van der Waals surface area contributed by atoms with E-state index in [9.17, 15) is 0 Å². The maximum absolute atomic E-state index is 5.23. The van der Waals surface area contributed by atoms with Crippen molar-refractivity contribution in [2.45, 2.75) is 19.8 Å². The molecule has 0 N–H and O–H groups in total. The Morgan fingerprint density at radius 3 is 2.40 bits per heavy atom. The van der Waals surface area contributed by atoms with Crippen molar-refractivity contribution in [1.29, 1.82) is 0 Å². The van der Waals surface area contributed by atoms with Gasteiger partial charge in [-0.2, -0.15) is 0 Å². The Morgan fingerprint density at radius 2 is 1.73 bits per heavy atom. The minimum atomic E-state index is 0.557. The average molecular weight is 200 g/mol. The number of hydrogen-bond acceptors (Lipinski definition) is 1. The number of rotatable bonds is 2. The normalized spacial score (nSPS) is 10.9. The maximum atomic E-state index is 5.23. The van der Waals surface area contributed by atoms with Crippen LogP contribution >= 0.6 is 0 Å². The monoisotopic (exact) mass is 200 g/mol. The molecule has 15 heavy (non-hydrogen) atoms. The van der Waals surface area contributed by atoms with Gasteiger partial charge in [0.2, 0.25) is 0 Å². The molecule has 78 valence electrons. The predicted molar refractivity (Wildman–Crippen MR) is 63.7 cm³/mol. The Labute approximate surface area is 91.0 Å². The van der Waals surface area contributed by atoms with Crippen LogP contribution in [0.3, 0.4) is 0 Å². The van der Waals surface area contributed by atoms with E-state index in [1.165, 1.54) is 16.7 Å². The van der Waals surface area contributed by atoms with Crippen LogP contribution in [0.2, 0.25) is 0 Å². The highest BCUT2D eigenvalue weighted by molar-refractivity contribution is 5.70. The maximum Gasteiger partial charge on any atom is 0.120 e. The molecule has 0 saturated carbocycles. The molecule has 1 nitrogen and oxygen atoms in total. The van der Waals surface area contributed by atoms with Gasteiger partial charge in [-0.1, -0.05) is 38.1 Å². The second-order valence-corrected chi connectivity index (χ2v) is 4.13. The Hall–Kier alpha value is -1.50. The van der Waals surface area contributed by atoms with E-state index in [4.69, 9.17) is 4.74 Å². The minimum Gasteiger partial charge on any atom is -0.497 e. The third kappa shape index (κ3) is 1.96. The summed E-state index contributed by atoms with van der Waals surface area (Å²) in [6.07, 6.45) is 0. The molecule has 0 aromatic carbocycles. The zero-order valence-electron chi connectivity index (χ0n) is 9.45. The van der Waals surface area contributed by atoms with E-state index in [1.807, 2.05) is 0 Å². The van der Waals surface area contributed by atoms with Crippen LogP contribution < -0.4 is 4.74 Å². The van der Waals surface area contributed by atoms with Crippen molar-refractivity contribution >= 4 is 0 Å². The highest BCUT2D eigenvalue weighted by atomic mass is 16.5. The quantitative estimate of drug-likeness (QED) is 0.713. The molecule has 0 saturated heterocycles. The lowest BCUT2D eigenvalue weighted by Gasteiger charge is -2.01. The first-order valence-corrected chi connectivity index (χ1v) is 5.28. The van der Waals surface area contributed by atoms with Crippen LogP contribution in [-0.4, -0.2) is 7.11 Å². The molecule has 0 aliphatic heterocycles. The molecule has 0 fully saturated rings. The Bertz CT molecular complexity index is 432. The first-order valence-electron chi connectivity index (χ1n) is 5.28. The molecule has 2 rings (SSSR count). The van der Waals surface area contributed by atoms with E-state index in [1.54, 1.807) is 7.11 Å². The first-order chi connectivity index (χ1) is 7.20. The van der Waals surface area contributed by atoms with E-state index in [0.29, 0.717) is 5.92 Å². The van der Waals surface area contributed by atoms with Crippen LogP contribution in [-0.2, 0) is 0 Å². The summed E-state index contributed by atoms with van der Waals surface area (Å²) >= 11 is 0. The number of ether oxygens (including phenoxy) is 1. The Morgan fingerprint density at radius 1 is 1.00 bits per heavy atom. The zero-order chi connectivity index (χ0) is 10.8. The van der Waals surface area contributed by atoms with E-state index in [2.05, 4.69) is 50.2 Å². The van der Waals surface area contributed by atoms with Crippen molar-refractivity contribution in [2.75, 3.05) is 7.11 Å². The van der Waals surface area contributed by atoms with E-state index in [0.717, 1.165) is 5.75 Å². The highest BCUT2D eigenvalue weighted by Gasteiger charge is 2.07. The largest absolute Gasteiger partial charge is 0.497 e. The number of hydrogen-bond donors (Lipinski definition) is 0. The summed E-state index contributed by atoms with van der Waals surface area (Å²) in [4.78, 5) is 0. The second kappa shape index (κ2) is 3.93. The van der Waals surface area contributed by atoms with Crippen molar-refractivity contribution in [3.8, 4) is 16.9 Å². The lowest BCUT2D eigenvalue weighted by molar-refractivity contribution is 0.416. The molecule has 0 aromatic heterocycles. The molecule has 0 heterocycles. The van der Waals surface area contributed by atoms with Crippen LogP contribution in [0.4, 0.5) is 0 Å². The van der Waals surface area contributed by atoms with Gasteiger partial charge in [0.15, 0.2) is 0 Å². The zero-order valence-corrected chi connectivity index (χ0v) is 9.45. The molecular formula is C14H16O. The smallest absolute Gasteiger partial charge is 0.120 e. The lowest BCUT2D eigenvalue weighted by Crippen LogP contribution is -1.82. The van der Waals surface area contributed by atoms with Gasteiger partial charge in [0, 0.05) is 0 Å². The molecule has 1 heteroatoms. The fraction of sp³-hybridized carbons (Fsp3) is 0.286. The minimum absolute atomic E-state index is 0.557. The number of fused-ring (bicyclic) bond motifs is 1. The van der Waals surface area contributed by atoms with Crippen molar-refractivity contribution in [1.82, 2.24) is 0 Å². The average Bonchev–Trinajstić information content (AvgIpc) is 2.49. The third-order valence-electron chi connectivity index (χ3n) is 2.72. The fourth-order valence-corrected chi connectivity index (χ4v) is 1.75. The molecule has 2 aliphatic rings. The summed E-state index contributed by atoms with van der Waals surface area (Å²) in [6.45, 7) is 4.42. The fourth-order valence-electron chi connectivity index (χ4n) is 1.75.